The number of fused-ring (bicyclic) bond motifs is 1. The molecule has 158 valence electrons. The van der Waals surface area contributed by atoms with Crippen molar-refractivity contribution >= 4 is 22.8 Å². The monoisotopic (exact) mass is 416 g/mol. The summed E-state index contributed by atoms with van der Waals surface area (Å²) in [4.78, 5) is 26.7. The summed E-state index contributed by atoms with van der Waals surface area (Å²) in [5.41, 5.74) is 1.82. The lowest BCUT2D eigenvalue weighted by atomic mass is 9.97. The smallest absolute Gasteiger partial charge is 0.337 e. The number of hydrogen-bond donors (Lipinski definition) is 1. The summed E-state index contributed by atoms with van der Waals surface area (Å²) in [5.74, 6) is -1.40. The van der Waals surface area contributed by atoms with Crippen LogP contribution in [0.5, 0.6) is 0 Å². The van der Waals surface area contributed by atoms with Crippen molar-refractivity contribution in [3.05, 3.63) is 59.4 Å². The second-order valence-electron chi connectivity index (χ2n) is 7.02. The average Bonchev–Trinajstić information content (AvgIpc) is 3.17. The molecule has 0 saturated carbocycles. The molecule has 6 nitrogen and oxygen atoms in total. The van der Waals surface area contributed by atoms with Gasteiger partial charge in [-0.1, -0.05) is 12.1 Å². The number of likely N-dealkylation sites (N-methyl/N-ethyl adjacent to an activating group) is 1. The summed E-state index contributed by atoms with van der Waals surface area (Å²) in [6.45, 7) is 1.08. The molecule has 30 heavy (non-hydrogen) atoms. The van der Waals surface area contributed by atoms with Crippen LogP contribution in [0, 0.1) is 0 Å². The Bertz CT molecular complexity index is 1080. The number of carbonyl (C=O) groups is 2. The number of furan rings is 1. The van der Waals surface area contributed by atoms with Crippen LogP contribution in [0.15, 0.2) is 46.9 Å². The van der Waals surface area contributed by atoms with Gasteiger partial charge < -0.3 is 19.4 Å². The molecule has 0 atom stereocenters. The van der Waals surface area contributed by atoms with Crippen LogP contribution in [0.4, 0.5) is 8.78 Å². The Morgan fingerprint density at radius 3 is 2.53 bits per heavy atom. The number of ether oxygens (including phenoxy) is 1. The predicted octanol–water partition coefficient (Wildman–Crippen LogP) is 4.12. The maximum atomic E-state index is 13.1. The van der Waals surface area contributed by atoms with Crippen molar-refractivity contribution in [2.75, 3.05) is 34.3 Å². The number of hydrogen-bond acceptors (Lipinski definition) is 5. The fourth-order valence-corrected chi connectivity index (χ4v) is 3.08. The second kappa shape index (κ2) is 9.04. The zero-order valence-corrected chi connectivity index (χ0v) is 16.9. The molecule has 0 aliphatic carbocycles. The molecule has 1 aromatic heterocycles. The number of esters is 1. The number of nitrogens with zero attached hydrogens (tertiary/aromatic N) is 1. The molecule has 2 aromatic carbocycles. The minimum absolute atomic E-state index is 0.183. The first-order valence-corrected chi connectivity index (χ1v) is 9.27. The molecule has 0 spiro atoms. The lowest BCUT2D eigenvalue weighted by Crippen LogP contribution is -2.31. The summed E-state index contributed by atoms with van der Waals surface area (Å²) >= 11 is 0. The van der Waals surface area contributed by atoms with Crippen molar-refractivity contribution in [2.24, 2.45) is 0 Å². The fourth-order valence-electron chi connectivity index (χ4n) is 3.08. The number of nitrogens with one attached hydrogen (secondary N) is 1. The topological polar surface area (TPSA) is 71.8 Å². The number of amides is 1. The molecule has 1 amide bonds. The predicted molar refractivity (Wildman–Crippen MR) is 109 cm³/mol. The molecule has 1 N–H and O–H groups in total. The van der Waals surface area contributed by atoms with E-state index in [9.17, 15) is 18.4 Å². The summed E-state index contributed by atoms with van der Waals surface area (Å²) in [7, 11) is 5.03. The van der Waals surface area contributed by atoms with E-state index >= 15 is 0 Å². The summed E-state index contributed by atoms with van der Waals surface area (Å²) in [6, 6.07) is 10.9. The number of rotatable bonds is 7. The van der Waals surface area contributed by atoms with Gasteiger partial charge in [0, 0.05) is 24.0 Å². The molecule has 0 aliphatic heterocycles. The largest absolute Gasteiger partial charge is 0.465 e. The van der Waals surface area contributed by atoms with Crippen LogP contribution in [-0.2, 0) is 4.74 Å². The standard InChI is InChI=1S/C22H22F2N2O4/c1-26(2)8-7-25-21(27)14-9-13(10-15(11-14)22(28)29-3)16-5-4-6-18-17(16)12-19(30-18)20(23)24/h4-6,9-12,20H,7-8H2,1-3H3,(H,25,27). The van der Waals surface area contributed by atoms with E-state index in [1.165, 1.54) is 19.2 Å². The van der Waals surface area contributed by atoms with Gasteiger partial charge in [0.2, 0.25) is 0 Å². The van der Waals surface area contributed by atoms with E-state index < -0.39 is 18.2 Å². The van der Waals surface area contributed by atoms with E-state index in [1.807, 2.05) is 19.0 Å². The number of methoxy groups -OCH3 is 1. The van der Waals surface area contributed by atoms with Crippen LogP contribution in [0.25, 0.3) is 22.1 Å². The Kier molecular flexibility index (Phi) is 6.47. The third kappa shape index (κ3) is 4.65. The highest BCUT2D eigenvalue weighted by Crippen LogP contribution is 2.35. The van der Waals surface area contributed by atoms with Crippen LogP contribution in [0.1, 0.15) is 32.9 Å². The van der Waals surface area contributed by atoms with Crippen molar-refractivity contribution < 1.29 is 27.5 Å². The molecular formula is C22H22F2N2O4. The van der Waals surface area contributed by atoms with E-state index in [-0.39, 0.29) is 17.0 Å². The zero-order chi connectivity index (χ0) is 21.8. The molecule has 3 rings (SSSR count). The molecule has 0 fully saturated rings. The van der Waals surface area contributed by atoms with Gasteiger partial charge in [0.25, 0.3) is 12.3 Å². The Balaban J connectivity index is 2.07. The SMILES string of the molecule is COC(=O)c1cc(C(=O)NCCN(C)C)cc(-c2cccc3oc(C(F)F)cc23)c1. The van der Waals surface area contributed by atoms with Crippen molar-refractivity contribution in [1.82, 2.24) is 10.2 Å². The van der Waals surface area contributed by atoms with Crippen molar-refractivity contribution in [3.63, 3.8) is 0 Å². The first kappa shape index (κ1) is 21.4. The Hall–Kier alpha value is -3.26. The molecule has 0 unspecified atom stereocenters. The van der Waals surface area contributed by atoms with Crippen LogP contribution < -0.4 is 5.32 Å². The van der Waals surface area contributed by atoms with E-state index in [2.05, 4.69) is 5.32 Å². The molecule has 3 aromatic rings. The second-order valence-corrected chi connectivity index (χ2v) is 7.02. The highest BCUT2D eigenvalue weighted by molar-refractivity contribution is 6.02. The Morgan fingerprint density at radius 2 is 1.87 bits per heavy atom. The third-order valence-electron chi connectivity index (χ3n) is 4.57. The summed E-state index contributed by atoms with van der Waals surface area (Å²) < 4.78 is 36.2. The summed E-state index contributed by atoms with van der Waals surface area (Å²) in [5, 5.41) is 3.27. The van der Waals surface area contributed by atoms with E-state index in [1.54, 1.807) is 30.3 Å². The zero-order valence-electron chi connectivity index (χ0n) is 16.9. The van der Waals surface area contributed by atoms with Crippen LogP contribution >= 0.6 is 0 Å². The number of halogens is 2. The molecule has 8 heteroatoms. The quantitative estimate of drug-likeness (QED) is 0.587. The number of alkyl halides is 2. The van der Waals surface area contributed by atoms with Gasteiger partial charge in [-0.05, 0) is 55.6 Å². The fraction of sp³-hybridized carbons (Fsp3) is 0.273. The van der Waals surface area contributed by atoms with Crippen molar-refractivity contribution in [3.8, 4) is 11.1 Å². The lowest BCUT2D eigenvalue weighted by molar-refractivity contribution is 0.0600. The molecule has 0 aliphatic rings. The number of carbonyl (C=O) groups excluding carboxylic acids is 2. The molecule has 0 saturated heterocycles. The van der Waals surface area contributed by atoms with Gasteiger partial charge >= 0.3 is 5.97 Å². The maximum absolute atomic E-state index is 13.1. The number of benzene rings is 2. The molecule has 0 radical (unpaired) electrons. The van der Waals surface area contributed by atoms with Gasteiger partial charge in [0.15, 0.2) is 5.76 Å². The van der Waals surface area contributed by atoms with Gasteiger partial charge in [-0.2, -0.15) is 0 Å². The Labute approximate surface area is 172 Å². The average molecular weight is 416 g/mol. The highest BCUT2D eigenvalue weighted by atomic mass is 19.3. The summed E-state index contributed by atoms with van der Waals surface area (Å²) in [6.07, 6.45) is -2.75. The van der Waals surface area contributed by atoms with Gasteiger partial charge in [0.05, 0.1) is 12.7 Å². The van der Waals surface area contributed by atoms with E-state index in [4.69, 9.17) is 9.15 Å². The van der Waals surface area contributed by atoms with Crippen molar-refractivity contribution in [1.29, 1.82) is 0 Å². The van der Waals surface area contributed by atoms with Crippen LogP contribution in [-0.4, -0.2) is 51.1 Å². The minimum atomic E-state index is -2.75. The van der Waals surface area contributed by atoms with Crippen LogP contribution in [0.2, 0.25) is 0 Å². The maximum Gasteiger partial charge on any atom is 0.337 e. The minimum Gasteiger partial charge on any atom is -0.465 e. The van der Waals surface area contributed by atoms with Gasteiger partial charge in [0.1, 0.15) is 5.58 Å². The first-order valence-electron chi connectivity index (χ1n) is 9.27. The third-order valence-corrected chi connectivity index (χ3v) is 4.57. The Morgan fingerprint density at radius 1 is 1.13 bits per heavy atom. The van der Waals surface area contributed by atoms with E-state index in [0.717, 1.165) is 0 Å². The highest BCUT2D eigenvalue weighted by Gasteiger charge is 2.19. The van der Waals surface area contributed by atoms with Crippen molar-refractivity contribution in [2.45, 2.75) is 6.43 Å². The molecule has 1 heterocycles. The van der Waals surface area contributed by atoms with Gasteiger partial charge in [-0.15, -0.1) is 0 Å². The molecular weight excluding hydrogens is 394 g/mol. The first-order chi connectivity index (χ1) is 14.3. The van der Waals surface area contributed by atoms with Crippen LogP contribution in [0.3, 0.4) is 0 Å². The van der Waals surface area contributed by atoms with E-state index in [0.29, 0.717) is 35.2 Å². The van der Waals surface area contributed by atoms with Gasteiger partial charge in [-0.25, -0.2) is 13.6 Å². The van der Waals surface area contributed by atoms with Gasteiger partial charge in [-0.3, -0.25) is 4.79 Å². The lowest BCUT2D eigenvalue weighted by Gasteiger charge is -2.12. The normalized spacial score (nSPS) is 11.3. The molecule has 0 bridgehead atoms.